The van der Waals surface area contributed by atoms with Gasteiger partial charge in [-0.3, -0.25) is 59.6 Å². The number of likely N-dealkylation sites (tertiary alicyclic amines) is 4. The Morgan fingerprint density at radius 3 is 0.958 bits per heavy atom. The smallest absolute Gasteiger partial charge is 0.326 e. The number of amides is 4. The second-order valence-electron chi connectivity index (χ2n) is 33.1. The maximum Gasteiger partial charge on any atom is 0.326 e. The second kappa shape index (κ2) is 40.3. The number of aliphatic carboxylic acids is 7. The van der Waals surface area contributed by atoms with Gasteiger partial charge in [-0.25, -0.2) is 19.2 Å². The van der Waals surface area contributed by atoms with Gasteiger partial charge in [0.2, 0.25) is 23.6 Å². The first-order valence-corrected chi connectivity index (χ1v) is 41.8. The Morgan fingerprint density at radius 1 is 0.381 bits per heavy atom. The lowest BCUT2D eigenvalue weighted by Crippen LogP contribution is -2.55. The number of rotatable bonds is 31. The minimum absolute atomic E-state index is 0.0111. The first-order chi connectivity index (χ1) is 56.5. The van der Waals surface area contributed by atoms with Crippen molar-refractivity contribution in [2.24, 2.45) is 23.7 Å². The second-order valence-corrected chi connectivity index (χ2v) is 33.1. The summed E-state index contributed by atoms with van der Waals surface area (Å²) in [5.74, 6) is -7.64. The van der Waals surface area contributed by atoms with Crippen molar-refractivity contribution in [2.75, 3.05) is 6.61 Å². The standard InChI is InChI=1S/2C23H29N3O5.C22H30N2O5.C20H26N2O5/c2*1-13(21(27)26-19-8-4-5-14(19)11-20(26)23(30)31)25-18(22(28)29)10-9-15-12-24-17-7-3-2-6-16(15)17;1-3-29-22(28)17(12-15-8-5-4-6-9-15)23-14(2)20(25)24-18-11-7-10-16(18)13-19(24)21(26)27;1-12(21-15(19(24)25)10-13-6-3-2-4-7-13)18(23)22-16-9-5-8-14(16)11-17(22)20(26)27/h2*2-3,6-7,12-14,18-20,24-25H,4-5,8-11H2,1H3,(H,28,29)(H,30,31);4-6,8-9,14,16-19,23H,3,7,10-13H2,1-2H3,(H,26,27);2-4,6-7,12,14-17,21H,5,8-11H2,1H3,(H,24,25)(H,26,27)/t2*13-,14-,18-,19-,20-;14-,16-,17-,18-,19-;12-,14-,15-,16-,17-/m0000/s1. The predicted octanol–water partition coefficient (Wildman–Crippen LogP) is 8.28. The van der Waals surface area contributed by atoms with Gasteiger partial charge in [0, 0.05) is 58.4 Å². The quantitative estimate of drug-likeness (QED) is 0.0182. The number of benzene rings is 4. The molecule has 20 atom stereocenters. The molecule has 4 amide bonds. The molecule has 0 unspecified atom stereocenters. The lowest BCUT2D eigenvalue weighted by atomic mass is 10.0. The van der Waals surface area contributed by atoms with Crippen molar-refractivity contribution < 1.29 is 98.0 Å². The van der Waals surface area contributed by atoms with E-state index in [-0.39, 0.29) is 84.5 Å². The third-order valence-corrected chi connectivity index (χ3v) is 25.6. The van der Waals surface area contributed by atoms with E-state index in [0.29, 0.717) is 57.8 Å². The molecular weight excluding hydrogens is 1520 g/mol. The summed E-state index contributed by atoms with van der Waals surface area (Å²) in [6.07, 6.45) is 19.3. The summed E-state index contributed by atoms with van der Waals surface area (Å²) < 4.78 is 5.19. The van der Waals surface area contributed by atoms with Gasteiger partial charge in [0.15, 0.2) is 0 Å². The van der Waals surface area contributed by atoms with Crippen molar-refractivity contribution in [3.05, 3.63) is 144 Å². The molecule has 0 spiro atoms. The lowest BCUT2D eigenvalue weighted by Gasteiger charge is -2.31. The molecular formula is C88H114N10O20. The van der Waals surface area contributed by atoms with E-state index in [1.54, 1.807) is 39.5 Å². The molecule has 30 heteroatoms. The Kier molecular flexibility index (Phi) is 30.1. The highest BCUT2D eigenvalue weighted by Gasteiger charge is 2.54. The first kappa shape index (κ1) is 88.3. The number of nitrogens with one attached hydrogen (secondary N) is 6. The zero-order valence-electron chi connectivity index (χ0n) is 67.6. The molecule has 2 aromatic heterocycles. The molecule has 0 bridgehead atoms. The molecule has 4 saturated heterocycles. The number of aryl methyl sites for hydroxylation is 2. The van der Waals surface area contributed by atoms with Gasteiger partial charge in [-0.1, -0.05) is 123 Å². The predicted molar refractivity (Wildman–Crippen MR) is 435 cm³/mol. The van der Waals surface area contributed by atoms with E-state index < -0.39 is 120 Å². The third kappa shape index (κ3) is 20.9. The monoisotopic (exact) mass is 1630 g/mol. The molecule has 118 heavy (non-hydrogen) atoms. The number of nitrogens with zero attached hydrogens (tertiary/aromatic N) is 4. The molecule has 6 heterocycles. The van der Waals surface area contributed by atoms with E-state index in [0.717, 1.165) is 121 Å². The molecule has 8 fully saturated rings. The SMILES string of the molecule is CCOC(=O)[C@H](Cc1ccccc1)N[C@@H](C)C(=O)N1[C@H](C(=O)O)C[C@@H]2CCC[C@@H]21.C[C@H](N[C@@H](CCc1c[nH]c2ccccc12)C(=O)O)C(=O)N1[C@H](C(=O)O)C[C@@H]2CCC[C@@H]21.C[C@H](N[C@@H](CCc1c[nH]c2ccccc12)C(=O)O)C(=O)N1[C@H](C(=O)O)C[C@@H]2CCC[C@@H]21.C[C@H](N[C@@H](Cc1ccccc1)C(=O)O)C(=O)N1[C@H](C(=O)O)C[C@@H]2CCC[C@@H]21. The summed E-state index contributed by atoms with van der Waals surface area (Å²) in [5, 5.41) is 81.3. The summed E-state index contributed by atoms with van der Waals surface area (Å²) in [5.41, 5.74) is 5.88. The third-order valence-electron chi connectivity index (χ3n) is 25.6. The zero-order chi connectivity index (χ0) is 84.8. The van der Waals surface area contributed by atoms with E-state index in [9.17, 15) is 93.3 Å². The number of carboxylic acids is 7. The number of H-pyrrole nitrogens is 2. The molecule has 636 valence electrons. The van der Waals surface area contributed by atoms with Gasteiger partial charge in [0.1, 0.15) is 48.3 Å². The minimum atomic E-state index is -1.03. The van der Waals surface area contributed by atoms with Gasteiger partial charge in [-0.05, 0) is 208 Å². The first-order valence-electron chi connectivity index (χ1n) is 41.8. The van der Waals surface area contributed by atoms with E-state index >= 15 is 0 Å². The molecule has 4 saturated carbocycles. The fraction of sp³-hybridized carbons (Fsp3) is 0.545. The molecule has 0 radical (unpaired) electrons. The van der Waals surface area contributed by atoms with Gasteiger partial charge < -0.3 is 70.1 Å². The van der Waals surface area contributed by atoms with Crippen LogP contribution in [0, 0.1) is 23.7 Å². The van der Waals surface area contributed by atoms with E-state index in [4.69, 9.17) is 4.74 Å². The number of aromatic amines is 2. The van der Waals surface area contributed by atoms with Crippen LogP contribution in [-0.4, -0.2) is 240 Å². The van der Waals surface area contributed by atoms with E-state index in [1.165, 1.54) is 14.7 Å². The molecule has 4 aromatic carbocycles. The molecule has 6 aromatic rings. The van der Waals surface area contributed by atoms with Crippen LogP contribution >= 0.6 is 0 Å². The van der Waals surface area contributed by atoms with Crippen LogP contribution in [0.15, 0.2) is 122 Å². The Balaban J connectivity index is 0.000000155. The molecule has 4 aliphatic heterocycles. The lowest BCUT2D eigenvalue weighted by molar-refractivity contribution is -0.151. The fourth-order valence-electron chi connectivity index (χ4n) is 19.9. The van der Waals surface area contributed by atoms with Crippen molar-refractivity contribution >= 4 is 93.2 Å². The number of hydrogen-bond donors (Lipinski definition) is 13. The van der Waals surface area contributed by atoms with E-state index in [2.05, 4.69) is 31.2 Å². The Morgan fingerprint density at radius 2 is 0.661 bits per heavy atom. The van der Waals surface area contributed by atoms with Crippen LogP contribution in [0.25, 0.3) is 21.8 Å². The van der Waals surface area contributed by atoms with Gasteiger partial charge in [0.25, 0.3) is 0 Å². The number of esters is 1. The van der Waals surface area contributed by atoms with Gasteiger partial charge in [-0.2, -0.15) is 0 Å². The number of carbonyl (C=O) groups excluding carboxylic acids is 5. The highest BCUT2D eigenvalue weighted by molar-refractivity contribution is 5.92. The summed E-state index contributed by atoms with van der Waals surface area (Å²) in [4.78, 5) is 160. The highest BCUT2D eigenvalue weighted by atomic mass is 16.5. The Labute approximate surface area is 685 Å². The maximum absolute atomic E-state index is 13.2. The van der Waals surface area contributed by atoms with Gasteiger partial charge in [-0.15, -0.1) is 0 Å². The number of carboxylic acid groups (broad SMARTS) is 7. The average Bonchev–Trinajstić information content (AvgIpc) is 1.63. The van der Waals surface area contributed by atoms with Crippen LogP contribution in [-0.2, 0) is 88.0 Å². The average molecular weight is 1630 g/mol. The van der Waals surface area contributed by atoms with Crippen molar-refractivity contribution in [2.45, 2.75) is 273 Å². The number of ether oxygens (including phenoxy) is 1. The Hall–Kier alpha value is -10.6. The zero-order valence-corrected chi connectivity index (χ0v) is 67.6. The summed E-state index contributed by atoms with van der Waals surface area (Å²) >= 11 is 0. The van der Waals surface area contributed by atoms with Crippen molar-refractivity contribution in [3.8, 4) is 0 Å². The maximum atomic E-state index is 13.2. The summed E-state index contributed by atoms with van der Waals surface area (Å²) in [7, 11) is 0. The molecule has 13 N–H and O–H groups in total. The summed E-state index contributed by atoms with van der Waals surface area (Å²) in [6.45, 7) is 8.57. The van der Waals surface area contributed by atoms with E-state index in [1.807, 2.05) is 122 Å². The van der Waals surface area contributed by atoms with Gasteiger partial charge >= 0.3 is 47.8 Å². The number of carbonyl (C=O) groups is 12. The molecule has 8 aliphatic rings. The molecule has 30 nitrogen and oxygen atoms in total. The van der Waals surface area contributed by atoms with Crippen molar-refractivity contribution in [3.63, 3.8) is 0 Å². The van der Waals surface area contributed by atoms with Crippen LogP contribution in [0.5, 0.6) is 0 Å². The van der Waals surface area contributed by atoms with Crippen molar-refractivity contribution in [1.82, 2.24) is 50.8 Å². The highest BCUT2D eigenvalue weighted by Crippen LogP contribution is 2.45. The van der Waals surface area contributed by atoms with Crippen LogP contribution < -0.4 is 21.3 Å². The Bertz CT molecular complexity index is 4380. The normalized spacial score (nSPS) is 25.3. The molecule has 4 aliphatic carbocycles. The number of aromatic nitrogens is 2. The fourth-order valence-corrected chi connectivity index (χ4v) is 19.9. The van der Waals surface area contributed by atoms with Crippen LogP contribution in [0.3, 0.4) is 0 Å². The number of fused-ring (bicyclic) bond motifs is 6. The van der Waals surface area contributed by atoms with Crippen LogP contribution in [0.4, 0.5) is 0 Å². The minimum Gasteiger partial charge on any atom is -0.480 e. The van der Waals surface area contributed by atoms with Crippen molar-refractivity contribution in [1.29, 1.82) is 0 Å². The van der Waals surface area contributed by atoms with Crippen LogP contribution in [0.1, 0.15) is 172 Å². The summed E-state index contributed by atoms with van der Waals surface area (Å²) in [6, 6.07) is 24.7. The largest absolute Gasteiger partial charge is 0.480 e. The number of para-hydroxylation sites is 2. The van der Waals surface area contributed by atoms with Gasteiger partial charge in [0.05, 0.1) is 30.8 Å². The topological polar surface area (TPSA) is 448 Å². The number of hydrogen-bond acceptors (Lipinski definition) is 17. The molecule has 14 rings (SSSR count). The van der Waals surface area contributed by atoms with Crippen LogP contribution in [0.2, 0.25) is 0 Å².